The summed E-state index contributed by atoms with van der Waals surface area (Å²) in [5.41, 5.74) is 1.04. The number of carbonyl (C=O) groups is 1. The van der Waals surface area contributed by atoms with Crippen molar-refractivity contribution < 1.29 is 4.79 Å². The number of carbonyl (C=O) groups excluding carboxylic acids is 1. The first-order valence-electron chi connectivity index (χ1n) is 7.59. The van der Waals surface area contributed by atoms with Crippen molar-refractivity contribution in [1.29, 1.82) is 5.26 Å². The van der Waals surface area contributed by atoms with E-state index in [4.69, 9.17) is 0 Å². The number of hydrogen-bond acceptors (Lipinski definition) is 2. The average Bonchev–Trinajstić information content (AvgIpc) is 2.50. The van der Waals surface area contributed by atoms with Crippen molar-refractivity contribution in [2.24, 2.45) is 11.8 Å². The molecule has 0 unspecified atom stereocenters. The minimum Gasteiger partial charge on any atom is -0.348 e. The quantitative estimate of drug-likeness (QED) is 0.681. The van der Waals surface area contributed by atoms with Gasteiger partial charge in [0.2, 0.25) is 0 Å². The van der Waals surface area contributed by atoms with Crippen molar-refractivity contribution in [1.82, 2.24) is 5.32 Å². The Morgan fingerprint density at radius 2 is 2.00 bits per heavy atom. The number of nitriles is 1. The van der Waals surface area contributed by atoms with Crippen LogP contribution in [0.25, 0.3) is 6.08 Å². The van der Waals surface area contributed by atoms with Gasteiger partial charge in [0, 0.05) is 6.04 Å². The van der Waals surface area contributed by atoms with Gasteiger partial charge in [-0.25, -0.2) is 0 Å². The van der Waals surface area contributed by atoms with Gasteiger partial charge >= 0.3 is 0 Å². The van der Waals surface area contributed by atoms with E-state index in [1.807, 2.05) is 36.4 Å². The lowest BCUT2D eigenvalue weighted by Gasteiger charge is -2.34. The molecule has 3 atom stereocenters. The highest BCUT2D eigenvalue weighted by Crippen LogP contribution is 2.29. The summed E-state index contributed by atoms with van der Waals surface area (Å²) >= 11 is 0. The van der Waals surface area contributed by atoms with E-state index in [9.17, 15) is 10.1 Å². The highest BCUT2D eigenvalue weighted by molar-refractivity contribution is 6.01. The monoisotopic (exact) mass is 282 g/mol. The Hall–Kier alpha value is -2.08. The predicted octanol–water partition coefficient (Wildman–Crippen LogP) is 3.53. The van der Waals surface area contributed by atoms with Crippen LogP contribution in [-0.2, 0) is 4.79 Å². The molecule has 0 bridgehead atoms. The number of hydrogen-bond donors (Lipinski definition) is 1. The molecule has 1 amide bonds. The molecule has 110 valence electrons. The van der Waals surface area contributed by atoms with E-state index >= 15 is 0 Å². The van der Waals surface area contributed by atoms with Crippen LogP contribution in [-0.4, -0.2) is 11.9 Å². The first-order chi connectivity index (χ1) is 10.1. The second-order valence-electron chi connectivity index (χ2n) is 5.93. The molecule has 1 aliphatic carbocycles. The fraction of sp³-hybridized carbons (Fsp3) is 0.444. The summed E-state index contributed by atoms with van der Waals surface area (Å²) in [7, 11) is 0. The molecule has 1 aliphatic rings. The summed E-state index contributed by atoms with van der Waals surface area (Å²) in [4.78, 5) is 12.3. The third kappa shape index (κ3) is 3.95. The first kappa shape index (κ1) is 15.3. The maximum atomic E-state index is 12.3. The highest BCUT2D eigenvalue weighted by atomic mass is 16.1. The topological polar surface area (TPSA) is 52.9 Å². The van der Waals surface area contributed by atoms with Crippen molar-refractivity contribution in [3.8, 4) is 6.07 Å². The Morgan fingerprint density at radius 3 is 2.67 bits per heavy atom. The van der Waals surface area contributed by atoms with Crippen LogP contribution in [0.4, 0.5) is 0 Å². The second kappa shape index (κ2) is 7.08. The van der Waals surface area contributed by atoms with E-state index < -0.39 is 0 Å². The van der Waals surface area contributed by atoms with Crippen LogP contribution in [0.15, 0.2) is 35.9 Å². The zero-order valence-electron chi connectivity index (χ0n) is 12.7. The summed E-state index contributed by atoms with van der Waals surface area (Å²) in [6, 6.07) is 11.7. The van der Waals surface area contributed by atoms with Gasteiger partial charge in [0.1, 0.15) is 11.6 Å². The molecule has 1 fully saturated rings. The molecule has 1 aromatic rings. The predicted molar refractivity (Wildman–Crippen MR) is 84.1 cm³/mol. The van der Waals surface area contributed by atoms with Crippen molar-refractivity contribution in [2.45, 2.75) is 39.2 Å². The molecule has 1 saturated carbocycles. The Morgan fingerprint density at radius 1 is 1.29 bits per heavy atom. The highest BCUT2D eigenvalue weighted by Gasteiger charge is 2.28. The summed E-state index contributed by atoms with van der Waals surface area (Å²) < 4.78 is 0. The van der Waals surface area contributed by atoms with E-state index in [2.05, 4.69) is 19.2 Å². The van der Waals surface area contributed by atoms with E-state index in [-0.39, 0.29) is 17.5 Å². The average molecular weight is 282 g/mol. The molecule has 21 heavy (non-hydrogen) atoms. The minimum absolute atomic E-state index is 0.173. The van der Waals surface area contributed by atoms with Gasteiger partial charge in [-0.15, -0.1) is 0 Å². The van der Waals surface area contributed by atoms with Crippen molar-refractivity contribution in [3.63, 3.8) is 0 Å². The molecular weight excluding hydrogens is 260 g/mol. The standard InChI is InChI=1S/C18H22N2O/c1-13-7-6-10-17(14(13)2)20-18(21)16(12-19)11-15-8-4-3-5-9-15/h3-5,8-9,11,13-14,17H,6-7,10H2,1-2H3,(H,20,21)/b16-11+/t13-,14+,17-/m0/s1. The summed E-state index contributed by atoms with van der Waals surface area (Å²) in [6.07, 6.45) is 5.01. The Kier molecular flexibility index (Phi) is 5.16. The number of benzene rings is 1. The molecule has 0 aromatic heterocycles. The van der Waals surface area contributed by atoms with E-state index in [0.717, 1.165) is 18.4 Å². The maximum absolute atomic E-state index is 12.3. The van der Waals surface area contributed by atoms with Crippen LogP contribution < -0.4 is 5.32 Å². The molecule has 0 spiro atoms. The fourth-order valence-electron chi connectivity index (χ4n) is 2.90. The van der Waals surface area contributed by atoms with Crippen LogP contribution in [0, 0.1) is 23.2 Å². The van der Waals surface area contributed by atoms with Gasteiger partial charge in [0.15, 0.2) is 0 Å². The molecule has 0 aliphatic heterocycles. The lowest BCUT2D eigenvalue weighted by atomic mass is 9.78. The van der Waals surface area contributed by atoms with Gasteiger partial charge in [-0.05, 0) is 29.9 Å². The van der Waals surface area contributed by atoms with Gasteiger partial charge in [-0.2, -0.15) is 5.26 Å². The third-order valence-electron chi connectivity index (χ3n) is 4.50. The number of rotatable bonds is 3. The molecule has 1 aromatic carbocycles. The smallest absolute Gasteiger partial charge is 0.262 e. The van der Waals surface area contributed by atoms with E-state index in [1.54, 1.807) is 6.08 Å². The summed E-state index contributed by atoms with van der Waals surface area (Å²) in [5.74, 6) is 0.819. The molecule has 3 nitrogen and oxygen atoms in total. The second-order valence-corrected chi connectivity index (χ2v) is 5.93. The Balaban J connectivity index is 2.07. The largest absolute Gasteiger partial charge is 0.348 e. The van der Waals surface area contributed by atoms with Crippen LogP contribution in [0.2, 0.25) is 0 Å². The number of amides is 1. The van der Waals surface area contributed by atoms with Crippen LogP contribution in [0.5, 0.6) is 0 Å². The maximum Gasteiger partial charge on any atom is 0.262 e. The lowest BCUT2D eigenvalue weighted by molar-refractivity contribution is -0.118. The fourth-order valence-corrected chi connectivity index (χ4v) is 2.90. The molecule has 1 N–H and O–H groups in total. The lowest BCUT2D eigenvalue weighted by Crippen LogP contribution is -2.44. The SMILES string of the molecule is C[C@H]1[C@@H](NC(=O)/C(C#N)=C/c2ccccc2)CCC[C@@H]1C. The van der Waals surface area contributed by atoms with Crippen LogP contribution in [0.1, 0.15) is 38.7 Å². The molecule has 0 saturated heterocycles. The molecule has 3 heteroatoms. The van der Waals surface area contributed by atoms with Crippen molar-refractivity contribution in [2.75, 3.05) is 0 Å². The minimum atomic E-state index is -0.257. The summed E-state index contributed by atoms with van der Waals surface area (Å²) in [5, 5.41) is 12.3. The van der Waals surface area contributed by atoms with E-state index in [0.29, 0.717) is 11.8 Å². The number of nitrogens with one attached hydrogen (secondary N) is 1. The molecule has 2 rings (SSSR count). The Bertz CT molecular complexity index is 556. The van der Waals surface area contributed by atoms with E-state index in [1.165, 1.54) is 6.42 Å². The van der Waals surface area contributed by atoms with Crippen LogP contribution in [0.3, 0.4) is 0 Å². The van der Waals surface area contributed by atoms with Crippen molar-refractivity contribution >= 4 is 12.0 Å². The van der Waals surface area contributed by atoms with Gasteiger partial charge < -0.3 is 5.32 Å². The summed E-state index contributed by atoms with van der Waals surface area (Å²) in [6.45, 7) is 4.41. The molecular formula is C18H22N2O. The normalized spacial score (nSPS) is 26.0. The zero-order chi connectivity index (χ0) is 15.2. The van der Waals surface area contributed by atoms with Crippen LogP contribution >= 0.6 is 0 Å². The Labute approximate surface area is 126 Å². The third-order valence-corrected chi connectivity index (χ3v) is 4.50. The van der Waals surface area contributed by atoms with Gasteiger partial charge in [-0.3, -0.25) is 4.79 Å². The van der Waals surface area contributed by atoms with Gasteiger partial charge in [-0.1, -0.05) is 57.0 Å². The number of nitrogens with zero attached hydrogens (tertiary/aromatic N) is 1. The van der Waals surface area contributed by atoms with Gasteiger partial charge in [0.05, 0.1) is 0 Å². The van der Waals surface area contributed by atoms with Gasteiger partial charge in [0.25, 0.3) is 5.91 Å². The van der Waals surface area contributed by atoms with Crippen molar-refractivity contribution in [3.05, 3.63) is 41.5 Å². The zero-order valence-corrected chi connectivity index (χ0v) is 12.7. The molecule has 0 heterocycles. The molecule has 0 radical (unpaired) electrons. The first-order valence-corrected chi connectivity index (χ1v) is 7.59.